The zero-order chi connectivity index (χ0) is 15.0. The van der Waals surface area contributed by atoms with Crippen molar-refractivity contribution in [2.24, 2.45) is 0 Å². The quantitative estimate of drug-likeness (QED) is 0.909. The molecule has 2 aliphatic heterocycles. The Labute approximate surface area is 127 Å². The molecule has 2 saturated heterocycles. The average molecular weight is 302 g/mol. The van der Waals surface area contributed by atoms with E-state index < -0.39 is 0 Å². The van der Waals surface area contributed by atoms with Gasteiger partial charge in [-0.15, -0.1) is 0 Å². The van der Waals surface area contributed by atoms with Gasteiger partial charge < -0.3 is 10.1 Å². The highest BCUT2D eigenvalue weighted by Crippen LogP contribution is 2.29. The minimum absolute atomic E-state index is 0.280. The van der Waals surface area contributed by atoms with Crippen LogP contribution in [-0.2, 0) is 11.3 Å². The third kappa shape index (κ3) is 2.52. The van der Waals surface area contributed by atoms with Crippen LogP contribution in [0.1, 0.15) is 24.8 Å². The van der Waals surface area contributed by atoms with Gasteiger partial charge in [0.25, 0.3) is 0 Å². The van der Waals surface area contributed by atoms with E-state index in [9.17, 15) is 4.79 Å². The molecule has 1 aromatic heterocycles. The number of fused-ring (bicyclic) bond motifs is 1. The molecule has 3 heterocycles. The molecule has 2 aromatic rings. The number of carbonyl (C=O) groups is 1. The summed E-state index contributed by atoms with van der Waals surface area (Å²) >= 11 is 0. The lowest BCUT2D eigenvalue weighted by Gasteiger charge is -2.25. The number of likely N-dealkylation sites (tertiary alicyclic amines) is 1. The fourth-order valence-corrected chi connectivity index (χ4v) is 3.35. The summed E-state index contributed by atoms with van der Waals surface area (Å²) < 4.78 is 10.2. The van der Waals surface area contributed by atoms with Crippen molar-refractivity contribution >= 4 is 17.1 Å². The van der Waals surface area contributed by atoms with Gasteiger partial charge in [-0.25, -0.2) is 9.42 Å². The Morgan fingerprint density at radius 2 is 2.14 bits per heavy atom. The topological polar surface area (TPSA) is 80.5 Å². The van der Waals surface area contributed by atoms with Crippen LogP contribution < -0.4 is 5.32 Å². The average Bonchev–Trinajstić information content (AvgIpc) is 3.06. The van der Waals surface area contributed by atoms with E-state index in [1.165, 1.54) is 5.56 Å². The number of amides is 1. The Kier molecular flexibility index (Phi) is 3.22. The molecule has 4 rings (SSSR count). The number of nitrogens with zero attached hydrogens (tertiary/aromatic N) is 3. The SMILES string of the molecule is O=C1NC[C@@]2(CCCN(Cc3ccc4nonc4c3)CC2)O1. The zero-order valence-electron chi connectivity index (χ0n) is 12.2. The van der Waals surface area contributed by atoms with Crippen molar-refractivity contribution in [1.29, 1.82) is 0 Å². The molecule has 22 heavy (non-hydrogen) atoms. The molecule has 2 fully saturated rings. The molecule has 7 nitrogen and oxygen atoms in total. The minimum Gasteiger partial charge on any atom is -0.441 e. The third-order valence-corrected chi connectivity index (χ3v) is 4.58. The van der Waals surface area contributed by atoms with Gasteiger partial charge in [-0.3, -0.25) is 4.90 Å². The predicted octanol–water partition coefficient (Wildman–Crippen LogP) is 1.69. The third-order valence-electron chi connectivity index (χ3n) is 4.58. The Morgan fingerprint density at radius 1 is 1.23 bits per heavy atom. The summed E-state index contributed by atoms with van der Waals surface area (Å²) in [4.78, 5) is 13.7. The van der Waals surface area contributed by atoms with Crippen LogP contribution in [0, 0.1) is 0 Å². The second kappa shape index (κ2) is 5.24. The first-order valence-electron chi connectivity index (χ1n) is 7.63. The number of ether oxygens (including phenoxy) is 1. The van der Waals surface area contributed by atoms with Crippen LogP contribution in [0.5, 0.6) is 0 Å². The van der Waals surface area contributed by atoms with Gasteiger partial charge in [-0.05, 0) is 47.4 Å². The first-order valence-corrected chi connectivity index (χ1v) is 7.63. The van der Waals surface area contributed by atoms with Gasteiger partial charge in [0.15, 0.2) is 0 Å². The number of carbonyl (C=O) groups excluding carboxylic acids is 1. The van der Waals surface area contributed by atoms with Gasteiger partial charge in [0, 0.05) is 19.5 Å². The summed E-state index contributed by atoms with van der Waals surface area (Å²) in [6.07, 6.45) is 2.55. The smallest absolute Gasteiger partial charge is 0.407 e. The maximum atomic E-state index is 11.3. The van der Waals surface area contributed by atoms with Gasteiger partial charge in [0.1, 0.15) is 16.6 Å². The number of rotatable bonds is 2. The summed E-state index contributed by atoms with van der Waals surface area (Å²) in [7, 11) is 0. The summed E-state index contributed by atoms with van der Waals surface area (Å²) in [5.41, 5.74) is 2.46. The standard InChI is InChI=1S/C15H18N4O3/c20-14-16-10-15(21-14)4-1-6-19(7-5-15)9-11-2-3-12-13(8-11)18-22-17-12/h2-3,8H,1,4-7,9-10H2,(H,16,20)/t15-/m0/s1. The van der Waals surface area contributed by atoms with Gasteiger partial charge in [0.2, 0.25) is 0 Å². The van der Waals surface area contributed by atoms with E-state index in [4.69, 9.17) is 9.37 Å². The van der Waals surface area contributed by atoms with Crippen LogP contribution in [0.15, 0.2) is 22.8 Å². The summed E-state index contributed by atoms with van der Waals surface area (Å²) in [6, 6.07) is 6.01. The van der Waals surface area contributed by atoms with E-state index >= 15 is 0 Å². The van der Waals surface area contributed by atoms with E-state index in [2.05, 4.69) is 26.6 Å². The fourth-order valence-electron chi connectivity index (χ4n) is 3.35. The summed E-state index contributed by atoms with van der Waals surface area (Å²) in [5, 5.41) is 10.5. The molecule has 1 spiro atoms. The molecule has 0 saturated carbocycles. The first kappa shape index (κ1) is 13.5. The van der Waals surface area contributed by atoms with Gasteiger partial charge in [-0.2, -0.15) is 0 Å². The molecule has 7 heteroatoms. The van der Waals surface area contributed by atoms with Crippen molar-refractivity contribution in [3.05, 3.63) is 23.8 Å². The molecule has 1 amide bonds. The molecule has 2 aliphatic rings. The van der Waals surface area contributed by atoms with Crippen LogP contribution >= 0.6 is 0 Å². The predicted molar refractivity (Wildman–Crippen MR) is 78.1 cm³/mol. The Bertz CT molecular complexity index is 701. The first-order chi connectivity index (χ1) is 10.7. The van der Waals surface area contributed by atoms with E-state index in [0.29, 0.717) is 6.54 Å². The molecule has 1 aromatic carbocycles. The van der Waals surface area contributed by atoms with Crippen LogP contribution in [0.25, 0.3) is 11.0 Å². The van der Waals surface area contributed by atoms with Crippen LogP contribution in [0.2, 0.25) is 0 Å². The van der Waals surface area contributed by atoms with Crippen LogP contribution in [0.4, 0.5) is 4.79 Å². The van der Waals surface area contributed by atoms with E-state index in [1.54, 1.807) is 0 Å². The van der Waals surface area contributed by atoms with Crippen LogP contribution in [-0.4, -0.2) is 46.5 Å². The van der Waals surface area contributed by atoms with Crippen molar-refractivity contribution in [3.8, 4) is 0 Å². The Hall–Kier alpha value is -2.15. The van der Waals surface area contributed by atoms with Crippen LogP contribution in [0.3, 0.4) is 0 Å². The highest BCUT2D eigenvalue weighted by molar-refractivity contribution is 5.73. The lowest BCUT2D eigenvalue weighted by atomic mass is 9.95. The second-order valence-corrected chi connectivity index (χ2v) is 6.14. The second-order valence-electron chi connectivity index (χ2n) is 6.14. The number of aromatic nitrogens is 2. The number of nitrogens with one attached hydrogen (secondary N) is 1. The van der Waals surface area contributed by atoms with E-state index in [1.807, 2.05) is 12.1 Å². The maximum Gasteiger partial charge on any atom is 0.407 e. The molecule has 0 radical (unpaired) electrons. The number of hydrogen-bond donors (Lipinski definition) is 1. The maximum absolute atomic E-state index is 11.3. The lowest BCUT2D eigenvalue weighted by Crippen LogP contribution is -2.34. The normalized spacial score (nSPS) is 26.1. The number of alkyl carbamates (subject to hydrolysis) is 1. The summed E-state index contributed by atoms with van der Waals surface area (Å²) in [5.74, 6) is 0. The zero-order valence-corrected chi connectivity index (χ0v) is 12.2. The fraction of sp³-hybridized carbons (Fsp3) is 0.533. The summed E-state index contributed by atoms with van der Waals surface area (Å²) in [6.45, 7) is 3.43. The number of benzene rings is 1. The lowest BCUT2D eigenvalue weighted by molar-refractivity contribution is 0.0443. The van der Waals surface area contributed by atoms with Gasteiger partial charge >= 0.3 is 6.09 Å². The van der Waals surface area contributed by atoms with Gasteiger partial charge in [0.05, 0.1) is 6.54 Å². The molecule has 0 unspecified atom stereocenters. The molecule has 1 N–H and O–H groups in total. The molecule has 116 valence electrons. The largest absolute Gasteiger partial charge is 0.441 e. The molecule has 0 bridgehead atoms. The van der Waals surface area contributed by atoms with Crippen molar-refractivity contribution < 1.29 is 14.2 Å². The van der Waals surface area contributed by atoms with E-state index in [-0.39, 0.29) is 11.7 Å². The van der Waals surface area contributed by atoms with E-state index in [0.717, 1.165) is 49.9 Å². The minimum atomic E-state index is -0.300. The molecule has 0 aliphatic carbocycles. The molecular formula is C15H18N4O3. The van der Waals surface area contributed by atoms with Crippen molar-refractivity contribution in [2.45, 2.75) is 31.4 Å². The van der Waals surface area contributed by atoms with Gasteiger partial charge in [-0.1, -0.05) is 6.07 Å². The Morgan fingerprint density at radius 3 is 3.00 bits per heavy atom. The van der Waals surface area contributed by atoms with Crippen molar-refractivity contribution in [2.75, 3.05) is 19.6 Å². The highest BCUT2D eigenvalue weighted by atomic mass is 16.6. The molecule has 1 atom stereocenters. The monoisotopic (exact) mass is 302 g/mol. The highest BCUT2D eigenvalue weighted by Gasteiger charge is 2.41. The number of hydrogen-bond acceptors (Lipinski definition) is 6. The van der Waals surface area contributed by atoms with Crippen molar-refractivity contribution in [1.82, 2.24) is 20.5 Å². The van der Waals surface area contributed by atoms with Crippen molar-refractivity contribution in [3.63, 3.8) is 0 Å². The molecular weight excluding hydrogens is 284 g/mol. The Balaban J connectivity index is 1.44.